The van der Waals surface area contributed by atoms with Crippen molar-refractivity contribution >= 4 is 44.7 Å². The van der Waals surface area contributed by atoms with Gasteiger partial charge in [0.2, 0.25) is 0 Å². The summed E-state index contributed by atoms with van der Waals surface area (Å²) in [6.07, 6.45) is 3.43. The van der Waals surface area contributed by atoms with Gasteiger partial charge in [0.25, 0.3) is 0 Å². The lowest BCUT2D eigenvalue weighted by molar-refractivity contribution is -0.140. The Bertz CT molecular complexity index is 591. The van der Waals surface area contributed by atoms with Crippen molar-refractivity contribution in [1.29, 1.82) is 0 Å². The van der Waals surface area contributed by atoms with E-state index in [2.05, 4.69) is 25.9 Å². The number of fused-ring (bicyclic) bond motifs is 1. The van der Waals surface area contributed by atoms with Crippen molar-refractivity contribution in [2.24, 2.45) is 5.92 Å². The van der Waals surface area contributed by atoms with E-state index in [0.29, 0.717) is 5.75 Å². The topological polar surface area (TPSA) is 63.1 Å². The molecule has 1 unspecified atom stereocenters. The van der Waals surface area contributed by atoms with Gasteiger partial charge < -0.3 is 5.11 Å². The van der Waals surface area contributed by atoms with E-state index in [9.17, 15) is 4.79 Å². The summed E-state index contributed by atoms with van der Waals surface area (Å²) in [6, 6.07) is 3.76. The zero-order valence-corrected chi connectivity index (χ0v) is 12.0. The summed E-state index contributed by atoms with van der Waals surface area (Å²) in [5, 5.41) is 8.86. The van der Waals surface area contributed by atoms with Crippen LogP contribution in [0.5, 0.6) is 0 Å². The average molecular weight is 327 g/mol. The molecule has 0 saturated heterocycles. The zero-order valence-electron chi connectivity index (χ0n) is 9.63. The summed E-state index contributed by atoms with van der Waals surface area (Å²) >= 11 is 4.84. The minimum atomic E-state index is -0.781. The highest BCUT2D eigenvalue weighted by Crippen LogP contribution is 2.27. The monoisotopic (exact) mass is 326 g/mol. The molecule has 0 bridgehead atoms. The summed E-state index contributed by atoms with van der Waals surface area (Å²) in [6.45, 7) is 1.70. The molecule has 2 aromatic rings. The van der Waals surface area contributed by atoms with Crippen molar-refractivity contribution in [3.05, 3.63) is 29.0 Å². The third-order valence-corrected chi connectivity index (χ3v) is 4.16. The van der Waals surface area contributed by atoms with E-state index in [1.165, 1.54) is 11.8 Å². The Morgan fingerprint density at radius 3 is 3.06 bits per heavy atom. The van der Waals surface area contributed by atoms with Crippen LogP contribution in [0.2, 0.25) is 0 Å². The second kappa shape index (κ2) is 5.67. The molecule has 1 atom stereocenters. The van der Waals surface area contributed by atoms with Crippen LogP contribution in [0, 0.1) is 5.92 Å². The lowest BCUT2D eigenvalue weighted by atomic mass is 10.2. The molecule has 2 aromatic heterocycles. The maximum absolute atomic E-state index is 10.8. The summed E-state index contributed by atoms with van der Waals surface area (Å²) in [4.78, 5) is 20.3. The van der Waals surface area contributed by atoms with Crippen LogP contribution in [0.1, 0.15) is 6.92 Å². The first-order valence-electron chi connectivity index (χ1n) is 5.34. The van der Waals surface area contributed by atoms with Crippen LogP contribution < -0.4 is 0 Å². The van der Waals surface area contributed by atoms with Gasteiger partial charge in [-0.15, -0.1) is 11.8 Å². The molecule has 94 valence electrons. The van der Waals surface area contributed by atoms with E-state index in [0.717, 1.165) is 20.4 Å². The number of aromatic nitrogens is 2. The van der Waals surface area contributed by atoms with E-state index in [-0.39, 0.29) is 5.92 Å². The number of pyridine rings is 2. The van der Waals surface area contributed by atoms with E-state index in [4.69, 9.17) is 5.11 Å². The Morgan fingerprint density at radius 1 is 1.56 bits per heavy atom. The van der Waals surface area contributed by atoms with Crippen LogP contribution >= 0.6 is 27.7 Å². The van der Waals surface area contributed by atoms with Gasteiger partial charge in [-0.2, -0.15) is 0 Å². The molecular weight excluding hydrogens is 316 g/mol. The maximum atomic E-state index is 10.8. The molecule has 0 aliphatic carbocycles. The number of hydrogen-bond acceptors (Lipinski definition) is 4. The second-order valence-corrected chi connectivity index (χ2v) is 5.86. The molecule has 0 aromatic carbocycles. The predicted octanol–water partition coefficient (Wildman–Crippen LogP) is 3.21. The number of halogens is 1. The number of carboxylic acids is 1. The highest BCUT2D eigenvalue weighted by Gasteiger charge is 2.12. The van der Waals surface area contributed by atoms with Crippen LogP contribution in [0.15, 0.2) is 33.9 Å². The summed E-state index contributed by atoms with van der Waals surface area (Å²) in [7, 11) is 0. The van der Waals surface area contributed by atoms with Gasteiger partial charge in [0.1, 0.15) is 5.52 Å². The van der Waals surface area contributed by atoms with Crippen molar-refractivity contribution < 1.29 is 9.90 Å². The molecule has 0 saturated carbocycles. The SMILES string of the molecule is CC(CSc1ccnc2cc(Br)cnc12)C(=O)O. The third kappa shape index (κ3) is 3.00. The van der Waals surface area contributed by atoms with Crippen molar-refractivity contribution in [2.45, 2.75) is 11.8 Å². The maximum Gasteiger partial charge on any atom is 0.307 e. The van der Waals surface area contributed by atoms with Gasteiger partial charge in [-0.05, 0) is 28.1 Å². The molecule has 0 spiro atoms. The molecule has 0 fully saturated rings. The van der Waals surface area contributed by atoms with E-state index >= 15 is 0 Å². The summed E-state index contributed by atoms with van der Waals surface area (Å²) < 4.78 is 0.878. The van der Waals surface area contributed by atoms with Gasteiger partial charge >= 0.3 is 5.97 Å². The molecule has 0 radical (unpaired) electrons. The minimum Gasteiger partial charge on any atom is -0.481 e. The predicted molar refractivity (Wildman–Crippen MR) is 74.8 cm³/mol. The summed E-state index contributed by atoms with van der Waals surface area (Å²) in [5.41, 5.74) is 1.61. The normalized spacial score (nSPS) is 12.6. The molecule has 2 heterocycles. The molecular formula is C12H11BrN2O2S. The van der Waals surface area contributed by atoms with Crippen molar-refractivity contribution in [3.63, 3.8) is 0 Å². The second-order valence-electron chi connectivity index (χ2n) is 3.88. The van der Waals surface area contributed by atoms with Gasteiger partial charge in [-0.3, -0.25) is 14.8 Å². The first kappa shape index (κ1) is 13.3. The molecule has 4 nitrogen and oxygen atoms in total. The fourth-order valence-corrected chi connectivity index (χ4v) is 2.73. The van der Waals surface area contributed by atoms with Crippen molar-refractivity contribution in [2.75, 3.05) is 5.75 Å². The van der Waals surface area contributed by atoms with Crippen LogP contribution in [-0.4, -0.2) is 26.8 Å². The number of rotatable bonds is 4. The third-order valence-electron chi connectivity index (χ3n) is 2.42. The molecule has 0 amide bonds. The molecule has 6 heteroatoms. The molecule has 2 rings (SSSR count). The Labute approximate surface area is 117 Å². The van der Waals surface area contributed by atoms with Gasteiger partial charge in [-0.25, -0.2) is 0 Å². The van der Waals surface area contributed by atoms with Gasteiger partial charge in [-0.1, -0.05) is 6.92 Å². The zero-order chi connectivity index (χ0) is 13.1. The number of carbonyl (C=O) groups is 1. The lowest BCUT2D eigenvalue weighted by Crippen LogP contribution is -2.11. The Kier molecular flexibility index (Phi) is 4.19. The molecule has 0 aliphatic rings. The summed E-state index contributed by atoms with van der Waals surface area (Å²) in [5.74, 6) is -0.642. The average Bonchev–Trinajstić information content (AvgIpc) is 2.35. The number of hydrogen-bond donors (Lipinski definition) is 1. The Morgan fingerprint density at radius 2 is 2.33 bits per heavy atom. The van der Waals surface area contributed by atoms with Gasteiger partial charge in [0.05, 0.1) is 11.4 Å². The van der Waals surface area contributed by atoms with Crippen LogP contribution in [0.3, 0.4) is 0 Å². The van der Waals surface area contributed by atoms with E-state index in [1.807, 2.05) is 12.1 Å². The Hall–Kier alpha value is -1.14. The van der Waals surface area contributed by atoms with Crippen LogP contribution in [0.4, 0.5) is 0 Å². The van der Waals surface area contributed by atoms with E-state index < -0.39 is 5.97 Å². The van der Waals surface area contributed by atoms with E-state index in [1.54, 1.807) is 19.3 Å². The highest BCUT2D eigenvalue weighted by atomic mass is 79.9. The number of carboxylic acid groups (broad SMARTS) is 1. The minimum absolute atomic E-state index is 0.381. The first-order valence-corrected chi connectivity index (χ1v) is 7.11. The van der Waals surface area contributed by atoms with Gasteiger partial charge in [0.15, 0.2) is 0 Å². The molecule has 1 N–H and O–H groups in total. The fraction of sp³-hybridized carbons (Fsp3) is 0.250. The molecule has 18 heavy (non-hydrogen) atoms. The number of aliphatic carboxylic acids is 1. The largest absolute Gasteiger partial charge is 0.481 e. The first-order chi connectivity index (χ1) is 8.58. The highest BCUT2D eigenvalue weighted by molar-refractivity contribution is 9.10. The van der Waals surface area contributed by atoms with Crippen LogP contribution in [-0.2, 0) is 4.79 Å². The number of thioether (sulfide) groups is 1. The molecule has 0 aliphatic heterocycles. The number of nitrogens with zero attached hydrogens (tertiary/aromatic N) is 2. The quantitative estimate of drug-likeness (QED) is 0.874. The van der Waals surface area contributed by atoms with Crippen molar-refractivity contribution in [1.82, 2.24) is 9.97 Å². The van der Waals surface area contributed by atoms with Crippen molar-refractivity contribution in [3.8, 4) is 0 Å². The standard InChI is InChI=1S/C12H11BrN2O2S/c1-7(12(16)17)6-18-10-2-3-14-9-4-8(13)5-15-11(9)10/h2-5,7H,6H2,1H3,(H,16,17). The van der Waals surface area contributed by atoms with Gasteiger partial charge in [0, 0.05) is 27.5 Å². The smallest absolute Gasteiger partial charge is 0.307 e. The fourth-order valence-electron chi connectivity index (χ4n) is 1.38. The van der Waals surface area contributed by atoms with Crippen LogP contribution in [0.25, 0.3) is 11.0 Å². The Balaban J connectivity index is 2.26. The lowest BCUT2D eigenvalue weighted by Gasteiger charge is -2.07.